The van der Waals surface area contributed by atoms with Crippen molar-refractivity contribution in [3.8, 4) is 0 Å². The fourth-order valence-corrected chi connectivity index (χ4v) is 4.91. The Kier molecular flexibility index (Phi) is 9.66. The SMILES string of the molecule is CCSC1OC(C(COC(C)=O)OC(C)=O)C(OC(C)=O)C1SCC. The largest absolute Gasteiger partial charge is 0.462 e. The van der Waals surface area contributed by atoms with E-state index < -0.39 is 36.2 Å². The first kappa shape index (κ1) is 22.1. The third-order valence-corrected chi connectivity index (χ3v) is 5.81. The second kappa shape index (κ2) is 10.9. The van der Waals surface area contributed by atoms with Gasteiger partial charge in [0.15, 0.2) is 6.10 Å². The van der Waals surface area contributed by atoms with Crippen LogP contribution < -0.4 is 0 Å². The molecule has 5 atom stereocenters. The van der Waals surface area contributed by atoms with Crippen molar-refractivity contribution in [1.82, 2.24) is 0 Å². The molecule has 0 aromatic carbocycles. The van der Waals surface area contributed by atoms with Gasteiger partial charge in [0.2, 0.25) is 0 Å². The number of ether oxygens (including phenoxy) is 4. The molecule has 7 nitrogen and oxygen atoms in total. The van der Waals surface area contributed by atoms with Crippen LogP contribution in [0.25, 0.3) is 0 Å². The molecule has 0 saturated carbocycles. The van der Waals surface area contributed by atoms with Crippen molar-refractivity contribution in [3.05, 3.63) is 0 Å². The maximum Gasteiger partial charge on any atom is 0.303 e. The van der Waals surface area contributed by atoms with E-state index in [0.717, 1.165) is 11.5 Å². The van der Waals surface area contributed by atoms with E-state index in [2.05, 4.69) is 0 Å². The van der Waals surface area contributed by atoms with Gasteiger partial charge in [-0.3, -0.25) is 14.4 Å². The maximum absolute atomic E-state index is 11.6. The molecule has 1 fully saturated rings. The Morgan fingerprint density at radius 2 is 1.64 bits per heavy atom. The summed E-state index contributed by atoms with van der Waals surface area (Å²) in [6.07, 6.45) is -2.13. The first-order valence-electron chi connectivity index (χ1n) is 8.16. The molecule has 0 amide bonds. The standard InChI is InChI=1S/C16H26O7S2/c1-6-24-15-14(22-11(5)19)13(23-16(15)25-7-2)12(21-10(4)18)8-20-9(3)17/h12-16H,6-8H2,1-5H3. The van der Waals surface area contributed by atoms with Crippen molar-refractivity contribution >= 4 is 41.4 Å². The third-order valence-electron chi connectivity index (χ3n) is 3.33. The number of rotatable bonds is 9. The van der Waals surface area contributed by atoms with Gasteiger partial charge in [-0.15, -0.1) is 11.8 Å². The molecule has 1 aliphatic rings. The summed E-state index contributed by atoms with van der Waals surface area (Å²) >= 11 is 3.23. The molecule has 5 unspecified atom stereocenters. The van der Waals surface area contributed by atoms with Gasteiger partial charge in [0.25, 0.3) is 0 Å². The number of thioether (sulfide) groups is 2. The van der Waals surface area contributed by atoms with Gasteiger partial charge in [0, 0.05) is 20.8 Å². The Labute approximate surface area is 156 Å². The van der Waals surface area contributed by atoms with E-state index in [1.54, 1.807) is 23.5 Å². The van der Waals surface area contributed by atoms with Gasteiger partial charge >= 0.3 is 17.9 Å². The predicted molar refractivity (Wildman–Crippen MR) is 96.5 cm³/mol. The smallest absolute Gasteiger partial charge is 0.303 e. The van der Waals surface area contributed by atoms with Crippen LogP contribution in [0.3, 0.4) is 0 Å². The molecule has 0 N–H and O–H groups in total. The molecule has 0 radical (unpaired) electrons. The minimum Gasteiger partial charge on any atom is -0.462 e. The minimum absolute atomic E-state index is 0.0979. The molecular formula is C16H26O7S2. The minimum atomic E-state index is -0.840. The molecular weight excluding hydrogens is 368 g/mol. The zero-order valence-corrected chi connectivity index (χ0v) is 16.8. The number of carbonyl (C=O) groups is 3. The van der Waals surface area contributed by atoms with Gasteiger partial charge < -0.3 is 18.9 Å². The van der Waals surface area contributed by atoms with Crippen molar-refractivity contribution in [3.63, 3.8) is 0 Å². The van der Waals surface area contributed by atoms with Crippen molar-refractivity contribution in [2.45, 2.75) is 63.6 Å². The van der Waals surface area contributed by atoms with Gasteiger partial charge in [0.1, 0.15) is 24.3 Å². The Morgan fingerprint density at radius 1 is 1.00 bits per heavy atom. The summed E-state index contributed by atoms with van der Waals surface area (Å²) < 4.78 is 21.9. The van der Waals surface area contributed by atoms with Gasteiger partial charge in [-0.05, 0) is 11.5 Å². The molecule has 0 aromatic rings. The second-order valence-electron chi connectivity index (χ2n) is 5.37. The maximum atomic E-state index is 11.6. The van der Waals surface area contributed by atoms with Crippen molar-refractivity contribution in [2.75, 3.05) is 18.1 Å². The van der Waals surface area contributed by atoms with Crippen LogP contribution in [0.4, 0.5) is 0 Å². The average Bonchev–Trinajstić information content (AvgIpc) is 2.81. The molecule has 144 valence electrons. The fourth-order valence-electron chi connectivity index (χ4n) is 2.55. The molecule has 1 aliphatic heterocycles. The summed E-state index contributed by atoms with van der Waals surface area (Å²) in [5.74, 6) is 0.206. The monoisotopic (exact) mass is 394 g/mol. The van der Waals surface area contributed by atoms with Gasteiger partial charge in [-0.25, -0.2) is 0 Å². The summed E-state index contributed by atoms with van der Waals surface area (Å²) in [7, 11) is 0. The zero-order valence-electron chi connectivity index (χ0n) is 15.2. The van der Waals surface area contributed by atoms with E-state index in [9.17, 15) is 14.4 Å². The van der Waals surface area contributed by atoms with E-state index in [-0.39, 0.29) is 17.3 Å². The molecule has 0 spiro atoms. The Morgan fingerprint density at radius 3 is 2.12 bits per heavy atom. The Balaban J connectivity index is 3.06. The van der Waals surface area contributed by atoms with E-state index in [1.807, 2.05) is 13.8 Å². The van der Waals surface area contributed by atoms with Crippen LogP contribution in [0.2, 0.25) is 0 Å². The first-order valence-corrected chi connectivity index (χ1v) is 10.3. The molecule has 9 heteroatoms. The average molecular weight is 395 g/mol. The van der Waals surface area contributed by atoms with Gasteiger partial charge in [-0.1, -0.05) is 13.8 Å². The van der Waals surface area contributed by atoms with Gasteiger partial charge in [-0.2, -0.15) is 11.8 Å². The highest BCUT2D eigenvalue weighted by atomic mass is 32.2. The fraction of sp³-hybridized carbons (Fsp3) is 0.812. The summed E-state index contributed by atoms with van der Waals surface area (Å²) in [4.78, 5) is 34.2. The molecule has 1 saturated heterocycles. The number of carbonyl (C=O) groups excluding carboxylic acids is 3. The second-order valence-corrected chi connectivity index (χ2v) is 8.20. The highest BCUT2D eigenvalue weighted by molar-refractivity contribution is 8.03. The molecule has 1 heterocycles. The molecule has 25 heavy (non-hydrogen) atoms. The van der Waals surface area contributed by atoms with Crippen LogP contribution in [-0.4, -0.2) is 65.0 Å². The predicted octanol–water partition coefficient (Wildman–Crippen LogP) is 2.01. The lowest BCUT2D eigenvalue weighted by atomic mass is 10.1. The molecule has 1 rings (SSSR count). The summed E-state index contributed by atoms with van der Waals surface area (Å²) in [5.41, 5.74) is -0.209. The quantitative estimate of drug-likeness (QED) is 0.430. The normalized spacial score (nSPS) is 26.8. The first-order chi connectivity index (χ1) is 11.8. The molecule has 0 aliphatic carbocycles. The van der Waals surface area contributed by atoms with Crippen molar-refractivity contribution < 1.29 is 33.3 Å². The third kappa shape index (κ3) is 7.07. The lowest BCUT2D eigenvalue weighted by molar-refractivity contribution is -0.172. The van der Waals surface area contributed by atoms with Crippen molar-refractivity contribution in [2.24, 2.45) is 0 Å². The number of hydrogen-bond donors (Lipinski definition) is 0. The van der Waals surface area contributed by atoms with Crippen molar-refractivity contribution in [1.29, 1.82) is 0 Å². The Hall–Kier alpha value is -0.930. The van der Waals surface area contributed by atoms with Crippen LogP contribution in [0.15, 0.2) is 0 Å². The number of hydrogen-bond acceptors (Lipinski definition) is 9. The van der Waals surface area contributed by atoms with Gasteiger partial charge in [0.05, 0.1) is 5.25 Å². The van der Waals surface area contributed by atoms with Crippen LogP contribution in [0.5, 0.6) is 0 Å². The highest BCUT2D eigenvalue weighted by Gasteiger charge is 2.51. The topological polar surface area (TPSA) is 88.1 Å². The highest BCUT2D eigenvalue weighted by Crippen LogP contribution is 2.40. The molecule has 0 aromatic heterocycles. The lowest BCUT2D eigenvalue weighted by Gasteiger charge is -2.27. The summed E-state index contributed by atoms with van der Waals surface area (Å²) in [6, 6.07) is 0. The van der Waals surface area contributed by atoms with E-state index in [1.165, 1.54) is 20.8 Å². The zero-order chi connectivity index (χ0) is 19.0. The molecule has 0 bridgehead atoms. The van der Waals surface area contributed by atoms with E-state index >= 15 is 0 Å². The summed E-state index contributed by atoms with van der Waals surface area (Å²) in [6.45, 7) is 7.75. The van der Waals surface area contributed by atoms with Crippen LogP contribution in [0.1, 0.15) is 34.6 Å². The van der Waals surface area contributed by atoms with E-state index in [4.69, 9.17) is 18.9 Å². The van der Waals surface area contributed by atoms with Crippen LogP contribution >= 0.6 is 23.5 Å². The Bertz CT molecular complexity index is 471. The van der Waals surface area contributed by atoms with Crippen LogP contribution in [-0.2, 0) is 33.3 Å². The van der Waals surface area contributed by atoms with E-state index in [0.29, 0.717) is 0 Å². The number of esters is 3. The summed E-state index contributed by atoms with van der Waals surface area (Å²) in [5, 5.41) is -0.0979. The lowest BCUT2D eigenvalue weighted by Crippen LogP contribution is -2.45. The van der Waals surface area contributed by atoms with Crippen LogP contribution in [0, 0.1) is 0 Å².